The highest BCUT2D eigenvalue weighted by atomic mass is 32.3. The fraction of sp³-hybridized carbons (Fsp3) is 0.200. The molecule has 1 atom stereocenters. The van der Waals surface area contributed by atoms with Crippen LogP contribution in [0, 0.1) is 6.92 Å². The molecule has 1 unspecified atom stereocenters. The van der Waals surface area contributed by atoms with Crippen LogP contribution < -0.4 is 0 Å². The maximum Gasteiger partial charge on any atom is 0.288 e. The molecule has 4 nitrogen and oxygen atoms in total. The van der Waals surface area contributed by atoms with Gasteiger partial charge < -0.3 is 4.74 Å². The molecule has 2 rings (SSSR count). The highest BCUT2D eigenvalue weighted by Crippen LogP contribution is 2.17. The molecule has 112 valence electrons. The number of rotatable bonds is 5. The molecule has 2 aromatic carbocycles. The van der Waals surface area contributed by atoms with Crippen molar-refractivity contribution in [3.63, 3.8) is 0 Å². The number of benzene rings is 2. The normalized spacial score (nSPS) is 13.2. The molecule has 0 fully saturated rings. The topological polar surface area (TPSA) is 55.7 Å². The molecule has 0 saturated heterocycles. The van der Waals surface area contributed by atoms with Gasteiger partial charge in [0, 0.05) is 12.0 Å². The van der Waals surface area contributed by atoms with Crippen molar-refractivity contribution in [3.8, 4) is 0 Å². The van der Waals surface area contributed by atoms with Crippen LogP contribution in [0.2, 0.25) is 0 Å². The molecule has 0 spiro atoms. The Hall–Kier alpha value is -1.50. The van der Waals surface area contributed by atoms with Crippen LogP contribution in [0.15, 0.2) is 68.2 Å². The summed E-state index contributed by atoms with van der Waals surface area (Å²) in [6.45, 7) is 1.91. The summed E-state index contributed by atoms with van der Waals surface area (Å²) in [4.78, 5) is 1.05. The molecule has 0 heterocycles. The number of hydrogen-bond donors (Lipinski definition) is 0. The second-order valence-electron chi connectivity index (χ2n) is 4.45. The number of nitrogens with zero attached hydrogens (tertiary/aromatic N) is 1. The first-order valence-electron chi connectivity index (χ1n) is 6.32. The van der Waals surface area contributed by atoms with Gasteiger partial charge in [0.25, 0.3) is 10.0 Å². The summed E-state index contributed by atoms with van der Waals surface area (Å²) in [5.41, 5.74) is 1.01. The van der Waals surface area contributed by atoms with E-state index < -0.39 is 20.7 Å². The quantitative estimate of drug-likeness (QED) is 0.849. The van der Waals surface area contributed by atoms with Crippen LogP contribution in [0.1, 0.15) is 5.56 Å². The molecule has 6 heteroatoms. The van der Waals surface area contributed by atoms with E-state index in [0.29, 0.717) is 0 Å². The van der Waals surface area contributed by atoms with E-state index in [0.717, 1.165) is 10.5 Å². The lowest BCUT2D eigenvalue weighted by atomic mass is 10.2. The molecule has 2 aromatic rings. The minimum atomic E-state index is -3.69. The molecule has 0 aliphatic carbocycles. The monoisotopic (exact) mass is 323 g/mol. The fourth-order valence-electron chi connectivity index (χ4n) is 1.69. The van der Waals surface area contributed by atoms with Gasteiger partial charge in [-0.1, -0.05) is 35.9 Å². The van der Waals surface area contributed by atoms with Gasteiger partial charge >= 0.3 is 0 Å². The van der Waals surface area contributed by atoms with Crippen molar-refractivity contribution in [1.29, 1.82) is 0 Å². The second-order valence-corrected chi connectivity index (χ2v) is 7.90. The zero-order valence-electron chi connectivity index (χ0n) is 11.9. The Bertz CT molecular complexity index is 723. The zero-order chi connectivity index (χ0) is 15.3. The van der Waals surface area contributed by atoms with E-state index in [4.69, 9.17) is 4.74 Å². The van der Waals surface area contributed by atoms with Gasteiger partial charge in [-0.25, -0.2) is 0 Å². The van der Waals surface area contributed by atoms with Gasteiger partial charge in [-0.15, -0.1) is 3.77 Å². The third-order valence-corrected chi connectivity index (χ3v) is 6.40. The van der Waals surface area contributed by atoms with Crippen LogP contribution in [0.3, 0.4) is 0 Å². The van der Waals surface area contributed by atoms with Gasteiger partial charge in [0.1, 0.15) is 5.94 Å². The Morgan fingerprint density at radius 3 is 2.24 bits per heavy atom. The number of sulfonamides is 1. The maximum absolute atomic E-state index is 12.4. The molecular formula is C15H17NO3S2. The predicted molar refractivity (Wildman–Crippen MR) is 84.7 cm³/mol. The smallest absolute Gasteiger partial charge is 0.288 e. The Balaban J connectivity index is 2.44. The Morgan fingerprint density at radius 1 is 1.05 bits per heavy atom. The van der Waals surface area contributed by atoms with Crippen molar-refractivity contribution in [2.75, 3.05) is 13.0 Å². The Kier molecular flexibility index (Phi) is 5.27. The lowest BCUT2D eigenvalue weighted by Gasteiger charge is -2.08. The van der Waals surface area contributed by atoms with E-state index in [1.165, 1.54) is 7.11 Å². The summed E-state index contributed by atoms with van der Waals surface area (Å²) in [7, 11) is -3.00. The molecule has 0 amide bonds. The first kappa shape index (κ1) is 15.9. The van der Waals surface area contributed by atoms with E-state index in [1.54, 1.807) is 24.3 Å². The Morgan fingerprint density at radius 2 is 1.67 bits per heavy atom. The largest absolute Gasteiger partial charge is 0.373 e. The van der Waals surface area contributed by atoms with Gasteiger partial charge in [0.2, 0.25) is 0 Å². The summed E-state index contributed by atoms with van der Waals surface area (Å²) in [6.07, 6.45) is 0. The molecular weight excluding hydrogens is 306 g/mol. The summed E-state index contributed by atoms with van der Waals surface area (Å²) in [5, 5.41) is 0. The number of aryl methyl sites for hydroxylation is 1. The third-order valence-electron chi connectivity index (χ3n) is 2.75. The van der Waals surface area contributed by atoms with Crippen LogP contribution in [0.4, 0.5) is 0 Å². The summed E-state index contributed by atoms with van der Waals surface area (Å²) in [6, 6.07) is 16.0. The minimum absolute atomic E-state index is 0.206. The molecule has 0 aliphatic heterocycles. The second kappa shape index (κ2) is 6.98. The van der Waals surface area contributed by atoms with Crippen LogP contribution in [0.25, 0.3) is 0 Å². The number of hydrogen-bond acceptors (Lipinski definition) is 3. The minimum Gasteiger partial charge on any atom is -0.373 e. The zero-order valence-corrected chi connectivity index (χ0v) is 13.5. The van der Waals surface area contributed by atoms with Gasteiger partial charge in [-0.3, -0.25) is 0 Å². The van der Waals surface area contributed by atoms with Crippen molar-refractivity contribution in [3.05, 3.63) is 60.2 Å². The van der Waals surface area contributed by atoms with Crippen molar-refractivity contribution in [2.45, 2.75) is 16.7 Å². The Labute approximate surface area is 127 Å². The molecule has 0 bridgehead atoms. The first-order valence-corrected chi connectivity index (χ1v) is 9.12. The standard InChI is InChI=1S/C15H17NO3S2/c1-13-8-10-15(11-9-13)21(17,18)16-20(12-19-2)14-6-4-3-5-7-14/h3-11H,12H2,1-2H3. The highest BCUT2D eigenvalue weighted by molar-refractivity contribution is 8.00. The van der Waals surface area contributed by atoms with Gasteiger partial charge in [0.05, 0.1) is 4.90 Å². The number of ether oxygens (including phenoxy) is 1. The van der Waals surface area contributed by atoms with E-state index in [1.807, 2.05) is 37.3 Å². The molecule has 21 heavy (non-hydrogen) atoms. The number of methoxy groups -OCH3 is 1. The molecule has 0 radical (unpaired) electrons. The summed E-state index contributed by atoms with van der Waals surface area (Å²) >= 11 is 0. The maximum atomic E-state index is 12.4. The van der Waals surface area contributed by atoms with Crippen molar-refractivity contribution in [2.24, 2.45) is 3.77 Å². The van der Waals surface area contributed by atoms with E-state index in [-0.39, 0.29) is 10.8 Å². The molecule has 0 saturated carbocycles. The lowest BCUT2D eigenvalue weighted by Crippen LogP contribution is -2.05. The average molecular weight is 323 g/mol. The van der Waals surface area contributed by atoms with Gasteiger partial charge in [-0.05, 0) is 41.9 Å². The highest BCUT2D eigenvalue weighted by Gasteiger charge is 2.14. The fourth-order valence-corrected chi connectivity index (χ4v) is 4.81. The molecule has 0 N–H and O–H groups in total. The SMILES string of the molecule is COC/S(=N/S(=O)(=O)c1ccc(C)cc1)c1ccccc1. The molecule has 0 aliphatic rings. The van der Waals surface area contributed by atoms with Crippen LogP contribution in [0.5, 0.6) is 0 Å². The van der Waals surface area contributed by atoms with Gasteiger partial charge in [-0.2, -0.15) is 8.42 Å². The lowest BCUT2D eigenvalue weighted by molar-refractivity contribution is 0.257. The van der Waals surface area contributed by atoms with Crippen LogP contribution >= 0.6 is 0 Å². The van der Waals surface area contributed by atoms with Crippen molar-refractivity contribution in [1.82, 2.24) is 0 Å². The predicted octanol–water partition coefficient (Wildman–Crippen LogP) is 3.15. The van der Waals surface area contributed by atoms with Gasteiger partial charge in [0.15, 0.2) is 0 Å². The average Bonchev–Trinajstić information content (AvgIpc) is 2.48. The van der Waals surface area contributed by atoms with E-state index in [2.05, 4.69) is 3.77 Å². The van der Waals surface area contributed by atoms with Crippen LogP contribution in [-0.2, 0) is 25.5 Å². The summed E-state index contributed by atoms with van der Waals surface area (Å²) in [5.74, 6) is 0.245. The van der Waals surface area contributed by atoms with Crippen molar-refractivity contribution >= 4 is 20.7 Å². The molecule has 0 aromatic heterocycles. The summed E-state index contributed by atoms with van der Waals surface area (Å²) < 4.78 is 33.9. The van der Waals surface area contributed by atoms with E-state index >= 15 is 0 Å². The third kappa shape index (κ3) is 4.23. The van der Waals surface area contributed by atoms with Crippen molar-refractivity contribution < 1.29 is 13.2 Å². The van der Waals surface area contributed by atoms with Crippen LogP contribution in [-0.4, -0.2) is 21.5 Å². The first-order chi connectivity index (χ1) is 10.0. The van der Waals surface area contributed by atoms with E-state index in [9.17, 15) is 8.42 Å².